The van der Waals surface area contributed by atoms with Crippen LogP contribution >= 0.6 is 15.9 Å². The second-order valence-corrected chi connectivity index (χ2v) is 7.31. The fourth-order valence-electron chi connectivity index (χ4n) is 2.93. The molecule has 8 nitrogen and oxygen atoms in total. The summed E-state index contributed by atoms with van der Waals surface area (Å²) < 4.78 is 5.74. The van der Waals surface area contributed by atoms with Gasteiger partial charge in [-0.2, -0.15) is 0 Å². The van der Waals surface area contributed by atoms with Crippen LogP contribution in [0.3, 0.4) is 0 Å². The number of hydrogen-bond donors (Lipinski definition) is 1. The maximum absolute atomic E-state index is 12.9. The molecule has 3 rings (SSSR count). The molecule has 0 saturated heterocycles. The van der Waals surface area contributed by atoms with E-state index >= 15 is 0 Å². The molecule has 1 atom stereocenters. The molecule has 0 aliphatic rings. The van der Waals surface area contributed by atoms with E-state index in [1.807, 2.05) is 0 Å². The van der Waals surface area contributed by atoms with Crippen molar-refractivity contribution in [2.24, 2.45) is 0 Å². The maximum Gasteiger partial charge on any atom is 0.293 e. The molecule has 3 aromatic rings. The number of carbonyl (C=O) groups excluding carboxylic acids is 2. The number of furan rings is 1. The summed E-state index contributed by atoms with van der Waals surface area (Å²) in [5.74, 6) is -0.692. The summed E-state index contributed by atoms with van der Waals surface area (Å²) in [6, 6.07) is 15.4. The van der Waals surface area contributed by atoms with Crippen LogP contribution in [0.1, 0.15) is 39.4 Å². The summed E-state index contributed by atoms with van der Waals surface area (Å²) in [5.41, 5.74) is 1.24. The highest BCUT2D eigenvalue weighted by Gasteiger charge is 2.23. The van der Waals surface area contributed by atoms with Crippen LogP contribution in [-0.4, -0.2) is 23.8 Å². The van der Waals surface area contributed by atoms with Gasteiger partial charge in [-0.1, -0.05) is 24.3 Å². The van der Waals surface area contributed by atoms with Crippen LogP contribution in [0.15, 0.2) is 69.8 Å². The molecule has 0 bridgehead atoms. The number of rotatable bonds is 6. The van der Waals surface area contributed by atoms with Crippen LogP contribution in [0, 0.1) is 10.1 Å². The molecule has 0 fully saturated rings. The zero-order valence-electron chi connectivity index (χ0n) is 16.2. The van der Waals surface area contributed by atoms with Crippen molar-refractivity contribution in [3.8, 4) is 0 Å². The molecule has 0 saturated carbocycles. The summed E-state index contributed by atoms with van der Waals surface area (Å²) in [6.45, 7) is 1.73. The van der Waals surface area contributed by atoms with Crippen molar-refractivity contribution in [1.29, 1.82) is 0 Å². The maximum atomic E-state index is 12.9. The van der Waals surface area contributed by atoms with Gasteiger partial charge in [0.2, 0.25) is 0 Å². The van der Waals surface area contributed by atoms with Gasteiger partial charge in [0, 0.05) is 19.2 Å². The van der Waals surface area contributed by atoms with Gasteiger partial charge in [-0.25, -0.2) is 0 Å². The van der Waals surface area contributed by atoms with Gasteiger partial charge in [0.1, 0.15) is 0 Å². The highest BCUT2D eigenvalue weighted by molar-refractivity contribution is 9.10. The van der Waals surface area contributed by atoms with Crippen molar-refractivity contribution >= 4 is 39.1 Å². The van der Waals surface area contributed by atoms with Crippen LogP contribution in [0.5, 0.6) is 0 Å². The molecule has 1 aromatic heterocycles. The quantitative estimate of drug-likeness (QED) is 0.413. The van der Waals surface area contributed by atoms with Gasteiger partial charge >= 0.3 is 0 Å². The lowest BCUT2D eigenvalue weighted by Gasteiger charge is -2.21. The van der Waals surface area contributed by atoms with Crippen molar-refractivity contribution < 1.29 is 18.9 Å². The second-order valence-electron chi connectivity index (χ2n) is 6.53. The molecule has 0 aliphatic carbocycles. The second kappa shape index (κ2) is 8.91. The number of nitrogens with zero attached hydrogens (tertiary/aromatic N) is 2. The predicted molar refractivity (Wildman–Crippen MR) is 115 cm³/mol. The Morgan fingerprint density at radius 2 is 1.87 bits per heavy atom. The van der Waals surface area contributed by atoms with Crippen molar-refractivity contribution in [3.63, 3.8) is 0 Å². The van der Waals surface area contributed by atoms with Crippen molar-refractivity contribution in [2.45, 2.75) is 13.0 Å². The van der Waals surface area contributed by atoms with E-state index in [0.717, 1.165) is 0 Å². The molecule has 30 heavy (non-hydrogen) atoms. The highest BCUT2D eigenvalue weighted by Crippen LogP contribution is 2.25. The molecular weight excluding hydrogens is 454 g/mol. The molecule has 1 heterocycles. The van der Waals surface area contributed by atoms with Crippen molar-refractivity contribution in [2.75, 3.05) is 11.9 Å². The molecule has 0 spiro atoms. The van der Waals surface area contributed by atoms with Crippen LogP contribution < -0.4 is 10.2 Å². The fourth-order valence-corrected chi connectivity index (χ4v) is 3.23. The topological polar surface area (TPSA) is 106 Å². The first-order valence-electron chi connectivity index (χ1n) is 8.95. The van der Waals surface area contributed by atoms with E-state index in [9.17, 15) is 19.7 Å². The number of carbonyl (C=O) groups is 2. The normalized spacial score (nSPS) is 11.6. The van der Waals surface area contributed by atoms with E-state index in [4.69, 9.17) is 4.42 Å². The van der Waals surface area contributed by atoms with Gasteiger partial charge in [0.25, 0.3) is 17.5 Å². The lowest BCUT2D eigenvalue weighted by atomic mass is 10.1. The minimum absolute atomic E-state index is 0.0519. The van der Waals surface area contributed by atoms with E-state index in [1.54, 1.807) is 56.4 Å². The fraction of sp³-hybridized carbons (Fsp3) is 0.143. The summed E-state index contributed by atoms with van der Waals surface area (Å²) in [6.07, 6.45) is 0. The molecule has 2 aromatic carbocycles. The minimum atomic E-state index is -0.485. The largest absolute Gasteiger partial charge is 0.444 e. The van der Waals surface area contributed by atoms with Crippen LogP contribution in [0.25, 0.3) is 0 Å². The lowest BCUT2D eigenvalue weighted by molar-refractivity contribution is -0.384. The minimum Gasteiger partial charge on any atom is -0.444 e. The van der Waals surface area contributed by atoms with E-state index in [-0.39, 0.29) is 17.0 Å². The Labute approximate surface area is 180 Å². The smallest absolute Gasteiger partial charge is 0.293 e. The number of nitro groups is 1. The Balaban J connectivity index is 1.82. The number of halogens is 1. The predicted octanol–water partition coefficient (Wildman–Crippen LogP) is 4.72. The van der Waals surface area contributed by atoms with Gasteiger partial charge in [-0.3, -0.25) is 19.7 Å². The zero-order valence-corrected chi connectivity index (χ0v) is 17.8. The average Bonchev–Trinajstić information content (AvgIpc) is 3.18. The molecular formula is C21H18BrN3O5. The monoisotopic (exact) mass is 471 g/mol. The Hall–Kier alpha value is -3.46. The molecule has 154 valence electrons. The van der Waals surface area contributed by atoms with Crippen LogP contribution in [-0.2, 0) is 0 Å². The highest BCUT2D eigenvalue weighted by atomic mass is 79.9. The number of nitrogens with one attached hydrogen (secondary N) is 1. The first kappa shape index (κ1) is 21.3. The molecule has 0 radical (unpaired) electrons. The Morgan fingerprint density at radius 3 is 2.53 bits per heavy atom. The number of para-hydroxylation sites is 1. The number of benzene rings is 2. The average molecular weight is 472 g/mol. The first-order chi connectivity index (χ1) is 14.3. The molecule has 2 amide bonds. The first-order valence-corrected chi connectivity index (χ1v) is 9.75. The summed E-state index contributed by atoms with van der Waals surface area (Å²) >= 11 is 3.16. The van der Waals surface area contributed by atoms with E-state index in [1.165, 1.54) is 23.1 Å². The van der Waals surface area contributed by atoms with E-state index in [0.29, 0.717) is 15.9 Å². The van der Waals surface area contributed by atoms with Gasteiger partial charge in [0.05, 0.1) is 22.2 Å². The molecule has 1 N–H and O–H groups in total. The lowest BCUT2D eigenvalue weighted by Crippen LogP contribution is -2.31. The summed E-state index contributed by atoms with van der Waals surface area (Å²) in [5, 5.41) is 13.8. The molecule has 1 unspecified atom stereocenters. The number of non-ortho nitro benzene ring substituents is 1. The van der Waals surface area contributed by atoms with Gasteiger partial charge in [-0.15, -0.1) is 0 Å². The van der Waals surface area contributed by atoms with Crippen LogP contribution in [0.4, 0.5) is 11.4 Å². The third-order valence-electron chi connectivity index (χ3n) is 4.53. The van der Waals surface area contributed by atoms with Gasteiger partial charge in [-0.05, 0) is 52.7 Å². The summed E-state index contributed by atoms with van der Waals surface area (Å²) in [7, 11) is 1.55. The number of anilines is 1. The van der Waals surface area contributed by atoms with E-state index < -0.39 is 22.8 Å². The molecule has 0 aliphatic heterocycles. The van der Waals surface area contributed by atoms with Crippen molar-refractivity contribution in [1.82, 2.24) is 5.32 Å². The Bertz CT molecular complexity index is 1110. The third-order valence-corrected chi connectivity index (χ3v) is 4.95. The number of amides is 2. The van der Waals surface area contributed by atoms with Gasteiger partial charge in [0.15, 0.2) is 10.4 Å². The number of hydrogen-bond acceptors (Lipinski definition) is 5. The van der Waals surface area contributed by atoms with E-state index in [2.05, 4.69) is 21.2 Å². The Morgan fingerprint density at radius 1 is 1.13 bits per heavy atom. The van der Waals surface area contributed by atoms with Crippen molar-refractivity contribution in [3.05, 3.63) is 92.3 Å². The van der Waals surface area contributed by atoms with Crippen LogP contribution in [0.2, 0.25) is 0 Å². The number of nitro benzene ring substituents is 1. The Kier molecular flexibility index (Phi) is 6.31. The third kappa shape index (κ3) is 4.57. The standard InChI is InChI=1S/C21H18BrN3O5/c1-13(14-6-5-7-15(12-14)25(28)29)23-20(26)16-8-3-4-9-17(16)24(2)21(27)18-10-11-19(22)30-18/h3-13H,1-2H3,(H,23,26). The van der Waals surface area contributed by atoms with Gasteiger partial charge < -0.3 is 14.6 Å². The molecule has 9 heteroatoms. The summed E-state index contributed by atoms with van der Waals surface area (Å²) in [4.78, 5) is 37.5. The zero-order chi connectivity index (χ0) is 21.8. The SMILES string of the molecule is CC(NC(=O)c1ccccc1N(C)C(=O)c1ccc(Br)o1)c1cccc([N+](=O)[O-])c1.